The van der Waals surface area contributed by atoms with Gasteiger partial charge in [0.25, 0.3) is 0 Å². The molecule has 0 aliphatic carbocycles. The van der Waals surface area contributed by atoms with E-state index in [0.29, 0.717) is 0 Å². The van der Waals surface area contributed by atoms with Gasteiger partial charge in [-0.1, -0.05) is 6.07 Å². The molecule has 4 aromatic rings. The van der Waals surface area contributed by atoms with E-state index in [1.165, 1.54) is 0 Å². The second kappa shape index (κ2) is 5.73. The highest BCUT2D eigenvalue weighted by Gasteiger charge is 2.14. The lowest BCUT2D eigenvalue weighted by Crippen LogP contribution is -1.97. The van der Waals surface area contributed by atoms with Crippen molar-refractivity contribution in [3.63, 3.8) is 0 Å². The van der Waals surface area contributed by atoms with E-state index >= 15 is 0 Å². The third kappa shape index (κ3) is 2.64. The molecule has 0 aliphatic heterocycles. The van der Waals surface area contributed by atoms with Crippen molar-refractivity contribution in [1.29, 1.82) is 0 Å². The highest BCUT2D eigenvalue weighted by atomic mass is 32.1. The molecular formula is C17H13N5S. The van der Waals surface area contributed by atoms with Crippen LogP contribution in [0.5, 0.6) is 0 Å². The van der Waals surface area contributed by atoms with Gasteiger partial charge in [-0.15, -0.1) is 11.3 Å². The molecule has 112 valence electrons. The van der Waals surface area contributed by atoms with E-state index in [4.69, 9.17) is 0 Å². The molecule has 0 radical (unpaired) electrons. The lowest BCUT2D eigenvalue weighted by Gasteiger charge is -1.98. The molecule has 5 nitrogen and oxygen atoms in total. The van der Waals surface area contributed by atoms with E-state index in [2.05, 4.69) is 20.1 Å². The number of hydrogen-bond acceptors (Lipinski definition) is 5. The molecule has 0 N–H and O–H groups in total. The van der Waals surface area contributed by atoms with E-state index in [1.54, 1.807) is 28.4 Å². The maximum Gasteiger partial charge on any atom is 0.153 e. The quantitative estimate of drug-likeness (QED) is 0.577. The van der Waals surface area contributed by atoms with E-state index in [-0.39, 0.29) is 0 Å². The minimum absolute atomic E-state index is 0.799. The second-order valence-electron chi connectivity index (χ2n) is 5.01. The first-order valence-corrected chi connectivity index (χ1v) is 7.98. The maximum absolute atomic E-state index is 4.65. The molecule has 4 rings (SSSR count). The summed E-state index contributed by atoms with van der Waals surface area (Å²) in [7, 11) is 0. The van der Waals surface area contributed by atoms with Gasteiger partial charge in [0.05, 0.1) is 10.6 Å². The van der Waals surface area contributed by atoms with Crippen LogP contribution in [0.4, 0.5) is 0 Å². The molecule has 4 aromatic heterocycles. The second-order valence-corrected chi connectivity index (χ2v) is 6.01. The van der Waals surface area contributed by atoms with Crippen LogP contribution in [0.3, 0.4) is 0 Å². The van der Waals surface area contributed by atoms with Crippen molar-refractivity contribution in [3.8, 4) is 27.0 Å². The zero-order valence-electron chi connectivity index (χ0n) is 12.4. The van der Waals surface area contributed by atoms with Crippen LogP contribution >= 0.6 is 11.3 Å². The molecule has 0 saturated carbocycles. The summed E-state index contributed by atoms with van der Waals surface area (Å²) in [6.45, 7) is 2.01. The fraction of sp³-hybridized carbons (Fsp3) is 0.0588. The third-order valence-corrected chi connectivity index (χ3v) is 4.64. The molecule has 0 fully saturated rings. The lowest BCUT2D eigenvalue weighted by molar-refractivity contribution is 0.850. The van der Waals surface area contributed by atoms with Crippen LogP contribution in [0.25, 0.3) is 27.0 Å². The predicted octanol–water partition coefficient (Wildman–Crippen LogP) is 3.76. The summed E-state index contributed by atoms with van der Waals surface area (Å²) in [5, 5.41) is 5.58. The molecule has 4 heterocycles. The fourth-order valence-electron chi connectivity index (χ4n) is 2.31. The van der Waals surface area contributed by atoms with Crippen molar-refractivity contribution in [2.45, 2.75) is 6.92 Å². The van der Waals surface area contributed by atoms with E-state index < -0.39 is 0 Å². The predicted molar refractivity (Wildman–Crippen MR) is 90.4 cm³/mol. The molecule has 0 aromatic carbocycles. The molecule has 0 saturated heterocycles. The number of aromatic nitrogens is 5. The number of rotatable bonds is 3. The van der Waals surface area contributed by atoms with E-state index in [1.807, 2.05) is 55.7 Å². The molecule has 23 heavy (non-hydrogen) atoms. The Morgan fingerprint density at radius 3 is 2.78 bits per heavy atom. The topological polar surface area (TPSA) is 56.5 Å². The van der Waals surface area contributed by atoms with Crippen molar-refractivity contribution in [2.75, 3.05) is 0 Å². The Morgan fingerprint density at radius 1 is 1.04 bits per heavy atom. The number of nitrogens with zero attached hydrogens (tertiary/aromatic N) is 5. The summed E-state index contributed by atoms with van der Waals surface area (Å²) in [4.78, 5) is 14.2. The third-order valence-electron chi connectivity index (χ3n) is 3.41. The summed E-state index contributed by atoms with van der Waals surface area (Å²) < 4.78 is 1.78. The average molecular weight is 319 g/mol. The molecular weight excluding hydrogens is 306 g/mol. The standard InChI is InChI=1S/C17H13N5S/c1-12-16(23-17(20-12)13-5-4-8-18-11-13)14-7-10-22(21-14)15-6-2-3-9-19-15/h2-11H,1H3. The maximum atomic E-state index is 4.65. The SMILES string of the molecule is Cc1nc(-c2cccnc2)sc1-c1ccn(-c2ccccn2)n1. The van der Waals surface area contributed by atoms with Crippen LogP contribution in [0, 0.1) is 6.92 Å². The van der Waals surface area contributed by atoms with Crippen LogP contribution in [-0.2, 0) is 0 Å². The monoisotopic (exact) mass is 319 g/mol. The largest absolute Gasteiger partial charge is 0.264 e. The Kier molecular flexibility index (Phi) is 3.44. The zero-order valence-corrected chi connectivity index (χ0v) is 13.2. The molecule has 0 amide bonds. The van der Waals surface area contributed by atoms with Crippen LogP contribution in [0.1, 0.15) is 5.69 Å². The van der Waals surface area contributed by atoms with Gasteiger partial charge in [-0.3, -0.25) is 4.98 Å². The Bertz CT molecular complexity index is 928. The summed E-state index contributed by atoms with van der Waals surface area (Å²) in [6.07, 6.45) is 7.27. The van der Waals surface area contributed by atoms with Gasteiger partial charge in [-0.25, -0.2) is 14.6 Å². The fourth-order valence-corrected chi connectivity index (χ4v) is 3.33. The molecule has 0 bridgehead atoms. The van der Waals surface area contributed by atoms with Crippen molar-refractivity contribution in [1.82, 2.24) is 24.7 Å². The normalized spacial score (nSPS) is 10.8. The van der Waals surface area contributed by atoms with E-state index in [9.17, 15) is 0 Å². The van der Waals surface area contributed by atoms with Crippen LogP contribution in [-0.4, -0.2) is 24.7 Å². The number of hydrogen-bond donors (Lipinski definition) is 0. The van der Waals surface area contributed by atoms with Crippen LogP contribution < -0.4 is 0 Å². The van der Waals surface area contributed by atoms with Gasteiger partial charge in [0, 0.05) is 30.4 Å². The first-order chi connectivity index (χ1) is 11.3. The highest BCUT2D eigenvalue weighted by Crippen LogP contribution is 2.34. The minimum atomic E-state index is 0.799. The van der Waals surface area contributed by atoms with Crippen molar-refractivity contribution in [3.05, 3.63) is 66.9 Å². The van der Waals surface area contributed by atoms with Gasteiger partial charge in [-0.2, -0.15) is 5.10 Å². The summed E-state index contributed by atoms with van der Waals surface area (Å²) in [5.41, 5.74) is 2.90. The van der Waals surface area contributed by atoms with E-state index in [0.717, 1.165) is 32.7 Å². The minimum Gasteiger partial charge on any atom is -0.264 e. The molecule has 0 spiro atoms. The van der Waals surface area contributed by atoms with Gasteiger partial charge in [0.15, 0.2) is 5.82 Å². The van der Waals surface area contributed by atoms with Crippen LogP contribution in [0.2, 0.25) is 0 Å². The van der Waals surface area contributed by atoms with Gasteiger partial charge < -0.3 is 0 Å². The highest BCUT2D eigenvalue weighted by molar-refractivity contribution is 7.18. The van der Waals surface area contributed by atoms with Gasteiger partial charge >= 0.3 is 0 Å². The van der Waals surface area contributed by atoms with Crippen molar-refractivity contribution in [2.24, 2.45) is 0 Å². The first kappa shape index (κ1) is 13.8. The van der Waals surface area contributed by atoms with Crippen LogP contribution in [0.15, 0.2) is 61.2 Å². The zero-order chi connectivity index (χ0) is 15.6. The van der Waals surface area contributed by atoms with Crippen molar-refractivity contribution < 1.29 is 0 Å². The number of thiazole rings is 1. The summed E-state index contributed by atoms with van der Waals surface area (Å²) in [6, 6.07) is 11.7. The van der Waals surface area contributed by atoms with Crippen molar-refractivity contribution >= 4 is 11.3 Å². The average Bonchev–Trinajstić information content (AvgIpc) is 3.23. The number of aryl methyl sites for hydroxylation is 1. The molecule has 6 heteroatoms. The van der Waals surface area contributed by atoms with Gasteiger partial charge in [0.1, 0.15) is 10.7 Å². The lowest BCUT2D eigenvalue weighted by atomic mass is 10.3. The summed E-state index contributed by atoms with van der Waals surface area (Å²) in [5.74, 6) is 0.799. The number of pyridine rings is 2. The Hall–Kier alpha value is -2.86. The molecule has 0 aliphatic rings. The molecule has 0 unspecified atom stereocenters. The van der Waals surface area contributed by atoms with Gasteiger partial charge in [-0.05, 0) is 37.3 Å². The van der Waals surface area contributed by atoms with Gasteiger partial charge in [0.2, 0.25) is 0 Å². The smallest absolute Gasteiger partial charge is 0.153 e. The Labute approximate surface area is 137 Å². The molecule has 0 atom stereocenters. The first-order valence-electron chi connectivity index (χ1n) is 7.16. The summed E-state index contributed by atoms with van der Waals surface area (Å²) >= 11 is 1.63. The Balaban J connectivity index is 1.72. The Morgan fingerprint density at radius 2 is 2.00 bits per heavy atom.